The second kappa shape index (κ2) is 12.2. The molecule has 0 saturated carbocycles. The summed E-state index contributed by atoms with van der Waals surface area (Å²) >= 11 is 15.3. The summed E-state index contributed by atoms with van der Waals surface area (Å²) in [7, 11) is 0. The van der Waals surface area contributed by atoms with Crippen LogP contribution in [0.15, 0.2) is 93.2 Å². The summed E-state index contributed by atoms with van der Waals surface area (Å²) < 4.78 is 47.1. The Morgan fingerprint density at radius 2 is 1.79 bits per heavy atom. The first-order valence-electron chi connectivity index (χ1n) is 12.2. The maximum absolute atomic E-state index is 13.4. The van der Waals surface area contributed by atoms with Crippen molar-refractivity contribution in [3.8, 4) is 17.1 Å². The van der Waals surface area contributed by atoms with E-state index in [0.717, 1.165) is 23.0 Å². The van der Waals surface area contributed by atoms with E-state index in [4.69, 9.17) is 27.9 Å². The van der Waals surface area contributed by atoms with Gasteiger partial charge < -0.3 is 4.74 Å². The molecule has 218 valence electrons. The first-order valence-corrected chi connectivity index (χ1v) is 13.8. The molecule has 0 aliphatic carbocycles. The quantitative estimate of drug-likeness (QED) is 0.0968. The van der Waals surface area contributed by atoms with Crippen molar-refractivity contribution in [2.75, 3.05) is 0 Å². The molecule has 1 aromatic heterocycles. The smallest absolute Gasteiger partial charge is 0.416 e. The second-order valence-electron chi connectivity index (χ2n) is 9.04. The van der Waals surface area contributed by atoms with Crippen LogP contribution in [0.1, 0.15) is 16.7 Å². The van der Waals surface area contributed by atoms with Gasteiger partial charge in [-0.2, -0.15) is 22.9 Å². The van der Waals surface area contributed by atoms with Gasteiger partial charge in [0.25, 0.3) is 5.56 Å². The van der Waals surface area contributed by atoms with Crippen LogP contribution in [-0.2, 0) is 12.8 Å². The molecule has 0 radical (unpaired) electrons. The molecule has 8 nitrogen and oxygen atoms in total. The summed E-state index contributed by atoms with van der Waals surface area (Å²) in [6.45, 7) is -0.0533. The van der Waals surface area contributed by atoms with E-state index in [1.165, 1.54) is 30.3 Å². The lowest BCUT2D eigenvalue weighted by Gasteiger charge is -2.12. The van der Waals surface area contributed by atoms with Gasteiger partial charge in [-0.1, -0.05) is 53.5 Å². The van der Waals surface area contributed by atoms with Gasteiger partial charge in [0, 0.05) is 17.2 Å². The zero-order chi connectivity index (χ0) is 30.9. The number of nitro benzene ring substituents is 1. The Kier molecular flexibility index (Phi) is 8.54. The summed E-state index contributed by atoms with van der Waals surface area (Å²) in [6.07, 6.45) is -3.47. The summed E-state index contributed by atoms with van der Waals surface area (Å²) in [5, 5.41) is 16.9. The van der Waals surface area contributed by atoms with Crippen molar-refractivity contribution in [3.05, 3.63) is 131 Å². The van der Waals surface area contributed by atoms with Crippen LogP contribution in [0.2, 0.25) is 10.0 Å². The summed E-state index contributed by atoms with van der Waals surface area (Å²) in [5.74, 6) is -0.219. The number of nitro groups is 1. The van der Waals surface area contributed by atoms with Gasteiger partial charge in [-0.15, -0.1) is 0 Å². The molecule has 0 atom stereocenters. The maximum Gasteiger partial charge on any atom is 0.416 e. The van der Waals surface area contributed by atoms with Crippen molar-refractivity contribution in [3.63, 3.8) is 0 Å². The molecule has 43 heavy (non-hydrogen) atoms. The van der Waals surface area contributed by atoms with Crippen LogP contribution >= 0.6 is 39.1 Å². The van der Waals surface area contributed by atoms with E-state index >= 15 is 0 Å². The fourth-order valence-corrected chi connectivity index (χ4v) is 5.02. The Bertz CT molecular complexity index is 1980. The molecule has 14 heteroatoms. The number of fused-ring (bicyclic) bond motifs is 1. The number of hydrogen-bond acceptors (Lipinski definition) is 6. The number of alkyl halides is 3. The number of ether oxygens (including phenoxy) is 1. The maximum atomic E-state index is 13.4. The lowest BCUT2D eigenvalue weighted by Crippen LogP contribution is -2.20. The monoisotopic (exact) mass is 690 g/mol. The highest BCUT2D eigenvalue weighted by Gasteiger charge is 2.31. The molecule has 0 aliphatic heterocycles. The van der Waals surface area contributed by atoms with Crippen LogP contribution in [0, 0.1) is 10.1 Å². The van der Waals surface area contributed by atoms with E-state index in [1.807, 2.05) is 0 Å². The fraction of sp³-hybridized carbons (Fsp3) is 0.0690. The van der Waals surface area contributed by atoms with Crippen molar-refractivity contribution < 1.29 is 22.8 Å². The number of para-hydroxylation sites is 1. The van der Waals surface area contributed by atoms with Gasteiger partial charge in [0.05, 0.1) is 42.1 Å². The molecule has 0 saturated heterocycles. The molecule has 0 fully saturated rings. The van der Waals surface area contributed by atoms with Gasteiger partial charge >= 0.3 is 11.9 Å². The Morgan fingerprint density at radius 3 is 2.51 bits per heavy atom. The molecule has 5 aromatic rings. The molecule has 1 heterocycles. The lowest BCUT2D eigenvalue weighted by molar-refractivity contribution is -0.386. The average molecular weight is 692 g/mol. The third kappa shape index (κ3) is 6.56. The van der Waals surface area contributed by atoms with Gasteiger partial charge in [-0.3, -0.25) is 14.9 Å². The zero-order valence-corrected chi connectivity index (χ0v) is 24.6. The first kappa shape index (κ1) is 30.2. The molecule has 0 N–H and O–H groups in total. The third-order valence-electron chi connectivity index (χ3n) is 6.13. The Hall–Kier alpha value is -4.26. The molecular formula is C29H16BrCl2F3N4O4. The largest absolute Gasteiger partial charge is 0.481 e. The van der Waals surface area contributed by atoms with Crippen LogP contribution in [-0.4, -0.2) is 20.8 Å². The topological polar surface area (TPSA) is 99.6 Å². The summed E-state index contributed by atoms with van der Waals surface area (Å²) in [6, 6.07) is 18.1. The predicted octanol–water partition coefficient (Wildman–Crippen LogP) is 8.52. The van der Waals surface area contributed by atoms with E-state index < -0.39 is 27.9 Å². The molecule has 5 rings (SSSR count). The average Bonchev–Trinajstić information content (AvgIpc) is 2.97. The van der Waals surface area contributed by atoms with Gasteiger partial charge in [0.15, 0.2) is 5.82 Å². The zero-order valence-electron chi connectivity index (χ0n) is 21.5. The molecule has 0 amide bonds. The number of benzene rings is 4. The number of nitrogens with zero attached hydrogens (tertiary/aromatic N) is 4. The van der Waals surface area contributed by atoms with Crippen molar-refractivity contribution in [2.45, 2.75) is 12.8 Å². The van der Waals surface area contributed by atoms with E-state index in [1.54, 1.807) is 36.4 Å². The molecule has 4 aromatic carbocycles. The highest BCUT2D eigenvalue weighted by molar-refractivity contribution is 9.10. The van der Waals surface area contributed by atoms with Gasteiger partial charge in [0.2, 0.25) is 5.75 Å². The Balaban J connectivity index is 1.56. The highest BCUT2D eigenvalue weighted by atomic mass is 79.9. The number of aromatic nitrogens is 2. The fourth-order valence-electron chi connectivity index (χ4n) is 4.11. The van der Waals surface area contributed by atoms with Crippen molar-refractivity contribution in [2.24, 2.45) is 5.10 Å². The molecular weight excluding hydrogens is 676 g/mol. The van der Waals surface area contributed by atoms with Crippen LogP contribution < -0.4 is 10.3 Å². The number of halogens is 6. The van der Waals surface area contributed by atoms with E-state index in [0.29, 0.717) is 15.6 Å². The molecule has 0 bridgehead atoms. The van der Waals surface area contributed by atoms with Crippen molar-refractivity contribution >= 4 is 61.9 Å². The highest BCUT2D eigenvalue weighted by Crippen LogP contribution is 2.37. The predicted molar refractivity (Wildman–Crippen MR) is 161 cm³/mol. The molecule has 0 unspecified atom stereocenters. The minimum atomic E-state index is -4.63. The van der Waals surface area contributed by atoms with Gasteiger partial charge in [-0.05, 0) is 64.0 Å². The second-order valence-corrected chi connectivity index (χ2v) is 10.7. The standard InChI is InChI=1S/C29H16BrCl2F3N4O4/c30-21-10-17(12-25(39(41)42)26(21)43-15-16-8-9-22(31)23(32)11-16)14-36-38-27(18-4-3-5-19(13-18)29(33,34)35)37-24-7-2-1-6-20(24)28(38)40/h1-14H,15H2. The van der Waals surface area contributed by atoms with E-state index in [-0.39, 0.29) is 44.7 Å². The normalized spacial score (nSPS) is 11.8. The molecule has 0 aliphatic rings. The van der Waals surface area contributed by atoms with Gasteiger partial charge in [0.1, 0.15) is 6.61 Å². The van der Waals surface area contributed by atoms with Gasteiger partial charge in [-0.25, -0.2) is 4.98 Å². The number of rotatable bonds is 7. The third-order valence-corrected chi connectivity index (χ3v) is 7.46. The minimum absolute atomic E-state index is 0.00644. The summed E-state index contributed by atoms with van der Waals surface area (Å²) in [5.41, 5.74) is -0.926. The van der Waals surface area contributed by atoms with Crippen LogP contribution in [0.3, 0.4) is 0 Å². The van der Waals surface area contributed by atoms with Crippen LogP contribution in [0.25, 0.3) is 22.3 Å². The van der Waals surface area contributed by atoms with Crippen molar-refractivity contribution in [1.29, 1.82) is 0 Å². The van der Waals surface area contributed by atoms with E-state index in [9.17, 15) is 28.1 Å². The Morgan fingerprint density at radius 1 is 1.02 bits per heavy atom. The van der Waals surface area contributed by atoms with Crippen LogP contribution in [0.4, 0.5) is 18.9 Å². The van der Waals surface area contributed by atoms with Crippen LogP contribution in [0.5, 0.6) is 5.75 Å². The van der Waals surface area contributed by atoms with E-state index in [2.05, 4.69) is 26.0 Å². The number of hydrogen-bond donors (Lipinski definition) is 0. The summed E-state index contributed by atoms with van der Waals surface area (Å²) in [4.78, 5) is 29.1. The first-order chi connectivity index (χ1) is 20.4. The lowest BCUT2D eigenvalue weighted by atomic mass is 10.1. The Labute approximate surface area is 259 Å². The minimum Gasteiger partial charge on any atom is -0.481 e. The molecule has 0 spiro atoms. The van der Waals surface area contributed by atoms with Crippen molar-refractivity contribution in [1.82, 2.24) is 9.66 Å². The SMILES string of the molecule is O=c1c2ccccc2nc(-c2cccc(C(F)(F)F)c2)n1N=Cc1cc(Br)c(OCc2ccc(Cl)c(Cl)c2)c([N+](=O)[O-])c1.